The standard InChI is InChI=1S/C28H48N2O20/c1-7-15(36)18(39)20(41)27(44-7)48-22-12(6-33)47-26(49-23-13(29-8(2)34)25(43)45-11(5-32)17(23)38)14(30-9(3)35)24(22)50-28-21(42)19(40)16(37)10(4-31)46-28/h7,10-28,31-33,36-43H,4-6H2,1-3H3,(H,29,34)(H,30,35)/t7-,10+,11+,12+,13+,14+,15+,16-,17-,18+,19-,20-,21+,22+,23+,24+,25-,26-,27-,28-/m0/s1. The molecule has 0 aromatic rings. The number of aliphatic hydroxyl groups excluding tert-OH is 11. The second kappa shape index (κ2) is 17.4. The van der Waals surface area contributed by atoms with E-state index < -0.39 is 154 Å². The van der Waals surface area contributed by atoms with Crippen molar-refractivity contribution in [1.82, 2.24) is 10.6 Å². The lowest BCUT2D eigenvalue weighted by atomic mass is 9.93. The van der Waals surface area contributed by atoms with Gasteiger partial charge < -0.3 is 100.0 Å². The monoisotopic (exact) mass is 732 g/mol. The predicted octanol–water partition coefficient (Wildman–Crippen LogP) is -8.43. The highest BCUT2D eigenvalue weighted by Crippen LogP contribution is 2.35. The van der Waals surface area contributed by atoms with Gasteiger partial charge in [0.1, 0.15) is 91.4 Å². The number of carbonyl (C=O) groups is 2. The van der Waals surface area contributed by atoms with E-state index in [-0.39, 0.29) is 0 Å². The van der Waals surface area contributed by atoms with Crippen LogP contribution in [0.4, 0.5) is 0 Å². The van der Waals surface area contributed by atoms with Gasteiger partial charge in [0, 0.05) is 13.8 Å². The number of rotatable bonds is 11. The van der Waals surface area contributed by atoms with Gasteiger partial charge in [-0.25, -0.2) is 0 Å². The largest absolute Gasteiger partial charge is 0.394 e. The Balaban J connectivity index is 1.76. The van der Waals surface area contributed by atoms with E-state index in [2.05, 4.69) is 10.6 Å². The van der Waals surface area contributed by atoms with Gasteiger partial charge >= 0.3 is 0 Å². The van der Waals surface area contributed by atoms with Gasteiger partial charge in [0.15, 0.2) is 25.2 Å². The molecule has 2 amide bonds. The van der Waals surface area contributed by atoms with Gasteiger partial charge in [-0.15, -0.1) is 0 Å². The summed E-state index contributed by atoms with van der Waals surface area (Å²) in [6, 6.07) is -3.13. The summed E-state index contributed by atoms with van der Waals surface area (Å²) in [6.45, 7) is 0.937. The van der Waals surface area contributed by atoms with Gasteiger partial charge in [0.05, 0.1) is 25.9 Å². The summed E-state index contributed by atoms with van der Waals surface area (Å²) in [7, 11) is 0. The highest BCUT2D eigenvalue weighted by molar-refractivity contribution is 5.73. The van der Waals surface area contributed by atoms with E-state index in [0.717, 1.165) is 13.8 Å². The third kappa shape index (κ3) is 8.70. The van der Waals surface area contributed by atoms with Crippen molar-refractivity contribution in [1.29, 1.82) is 0 Å². The van der Waals surface area contributed by atoms with Crippen molar-refractivity contribution in [3.05, 3.63) is 0 Å². The van der Waals surface area contributed by atoms with Crippen LogP contribution in [-0.4, -0.2) is 211 Å². The molecule has 0 aromatic heterocycles. The highest BCUT2D eigenvalue weighted by atomic mass is 16.8. The van der Waals surface area contributed by atoms with E-state index in [1.165, 1.54) is 6.92 Å². The molecule has 4 heterocycles. The first kappa shape index (κ1) is 41.0. The average molecular weight is 733 g/mol. The van der Waals surface area contributed by atoms with Crippen molar-refractivity contribution >= 4 is 11.8 Å². The van der Waals surface area contributed by atoms with Gasteiger partial charge in [-0.3, -0.25) is 9.59 Å². The lowest BCUT2D eigenvalue weighted by Gasteiger charge is -2.51. The third-order valence-electron chi connectivity index (χ3n) is 8.97. The molecule has 0 spiro atoms. The second-order valence-corrected chi connectivity index (χ2v) is 12.6. The lowest BCUT2D eigenvalue weighted by Crippen LogP contribution is -2.71. The Hall–Kier alpha value is -1.78. The zero-order chi connectivity index (χ0) is 37.2. The first-order chi connectivity index (χ1) is 23.5. The molecule has 0 saturated carbocycles. The van der Waals surface area contributed by atoms with E-state index in [9.17, 15) is 65.8 Å². The van der Waals surface area contributed by atoms with Crippen LogP contribution in [0.25, 0.3) is 0 Å². The number of hydrogen-bond donors (Lipinski definition) is 13. The van der Waals surface area contributed by atoms with Crippen molar-refractivity contribution in [3.8, 4) is 0 Å². The van der Waals surface area contributed by atoms with Crippen molar-refractivity contribution in [2.24, 2.45) is 0 Å². The number of nitrogens with one attached hydrogen (secondary N) is 2. The van der Waals surface area contributed by atoms with E-state index in [0.29, 0.717) is 0 Å². The van der Waals surface area contributed by atoms with E-state index in [4.69, 9.17) is 33.2 Å². The minimum absolute atomic E-state index is 0.693. The number of carbonyl (C=O) groups excluding carboxylic acids is 2. The van der Waals surface area contributed by atoms with Crippen LogP contribution in [-0.2, 0) is 42.7 Å². The van der Waals surface area contributed by atoms with E-state index >= 15 is 0 Å². The van der Waals surface area contributed by atoms with Crippen LogP contribution in [0.2, 0.25) is 0 Å². The average Bonchev–Trinajstić information content (AvgIpc) is 3.07. The van der Waals surface area contributed by atoms with Crippen molar-refractivity contribution < 1.29 is 98.9 Å². The van der Waals surface area contributed by atoms with Gasteiger partial charge in [-0.05, 0) is 6.92 Å². The maximum atomic E-state index is 12.6. The molecule has 0 unspecified atom stereocenters. The van der Waals surface area contributed by atoms with E-state index in [1.54, 1.807) is 0 Å². The topological polar surface area (TPSA) is 345 Å². The summed E-state index contributed by atoms with van der Waals surface area (Å²) < 4.78 is 40.3. The quantitative estimate of drug-likeness (QED) is 0.0938. The third-order valence-corrected chi connectivity index (χ3v) is 8.97. The Morgan fingerprint density at radius 3 is 1.54 bits per heavy atom. The van der Waals surface area contributed by atoms with Gasteiger partial charge in [-0.1, -0.05) is 0 Å². The van der Waals surface area contributed by atoms with Crippen LogP contribution < -0.4 is 10.6 Å². The number of aliphatic hydroxyl groups is 11. The maximum absolute atomic E-state index is 12.6. The number of hydrogen-bond acceptors (Lipinski definition) is 20. The fraction of sp³-hybridized carbons (Fsp3) is 0.929. The fourth-order valence-corrected chi connectivity index (χ4v) is 6.29. The summed E-state index contributed by atoms with van der Waals surface area (Å²) in [5.74, 6) is -1.46. The zero-order valence-corrected chi connectivity index (χ0v) is 27.3. The predicted molar refractivity (Wildman–Crippen MR) is 156 cm³/mol. The minimum Gasteiger partial charge on any atom is -0.394 e. The fourth-order valence-electron chi connectivity index (χ4n) is 6.29. The van der Waals surface area contributed by atoms with Crippen LogP contribution in [0.3, 0.4) is 0 Å². The summed E-state index contributed by atoms with van der Waals surface area (Å²) in [5, 5.41) is 119. The van der Waals surface area contributed by atoms with Gasteiger partial charge in [-0.2, -0.15) is 0 Å². The Bertz CT molecular complexity index is 1120. The first-order valence-electron chi connectivity index (χ1n) is 15.9. The van der Waals surface area contributed by atoms with Gasteiger partial charge in [0.25, 0.3) is 0 Å². The van der Waals surface area contributed by atoms with Crippen molar-refractivity contribution in [2.45, 2.75) is 143 Å². The number of ether oxygens (including phenoxy) is 7. The highest BCUT2D eigenvalue weighted by Gasteiger charge is 2.56. The molecule has 4 aliphatic heterocycles. The molecule has 4 aliphatic rings. The molecule has 0 radical (unpaired) electrons. The van der Waals surface area contributed by atoms with Crippen molar-refractivity contribution in [3.63, 3.8) is 0 Å². The summed E-state index contributed by atoms with van der Waals surface area (Å²) >= 11 is 0. The van der Waals surface area contributed by atoms with Crippen LogP contribution in [0.1, 0.15) is 20.8 Å². The number of amides is 2. The van der Waals surface area contributed by atoms with Crippen molar-refractivity contribution in [2.75, 3.05) is 19.8 Å². The summed E-state index contributed by atoms with van der Waals surface area (Å²) in [5.41, 5.74) is 0. The Kier molecular flexibility index (Phi) is 14.2. The second-order valence-electron chi connectivity index (χ2n) is 12.6. The van der Waals surface area contributed by atoms with Crippen LogP contribution in [0.5, 0.6) is 0 Å². The molecule has 4 fully saturated rings. The zero-order valence-electron chi connectivity index (χ0n) is 27.3. The van der Waals surface area contributed by atoms with Crippen LogP contribution in [0.15, 0.2) is 0 Å². The molecule has 20 atom stereocenters. The summed E-state index contributed by atoms with van der Waals surface area (Å²) in [6.07, 6.45) is -30.6. The van der Waals surface area contributed by atoms with E-state index in [1.807, 2.05) is 0 Å². The minimum atomic E-state index is -2.00. The normalized spacial score (nSPS) is 48.5. The summed E-state index contributed by atoms with van der Waals surface area (Å²) in [4.78, 5) is 24.6. The molecule has 290 valence electrons. The van der Waals surface area contributed by atoms with Crippen LogP contribution >= 0.6 is 0 Å². The first-order valence-corrected chi connectivity index (χ1v) is 15.9. The van der Waals surface area contributed by atoms with Crippen LogP contribution in [0, 0.1) is 0 Å². The molecule has 0 bridgehead atoms. The SMILES string of the molecule is CC(=O)N[C@@H]1[C@@H](O[C@@H]2O[C@H](CO)[C@@H](O[C@@H]3O[C@@H](C)[C@@H](O)[C@@H](O)[C@@H]3O)[C@H](O[C@@H]3O[C@H](CO)[C@H](O)[C@H](O)[C@H]3O)[C@H]2NC(C)=O)[C@@H](O)[C@@H](CO)O[C@@H]1O. The molecule has 4 saturated heterocycles. The molecule has 4 rings (SSSR count). The maximum Gasteiger partial charge on any atom is 0.217 e. The molecule has 13 N–H and O–H groups in total. The molecule has 50 heavy (non-hydrogen) atoms. The molecule has 0 aromatic carbocycles. The lowest BCUT2D eigenvalue weighted by molar-refractivity contribution is -0.381. The Morgan fingerprint density at radius 2 is 0.980 bits per heavy atom. The molecular formula is C28H48N2O20. The Labute approximate surface area is 285 Å². The Morgan fingerprint density at radius 1 is 0.520 bits per heavy atom. The molecule has 22 heteroatoms. The molecule has 0 aliphatic carbocycles. The molecular weight excluding hydrogens is 684 g/mol. The van der Waals surface area contributed by atoms with Gasteiger partial charge in [0.2, 0.25) is 11.8 Å². The smallest absolute Gasteiger partial charge is 0.217 e. The molecule has 22 nitrogen and oxygen atoms in total.